The van der Waals surface area contributed by atoms with Gasteiger partial charge in [-0.3, -0.25) is 5.32 Å². The summed E-state index contributed by atoms with van der Waals surface area (Å²) in [6.07, 6.45) is -4.41. The van der Waals surface area contributed by atoms with Gasteiger partial charge in [0.25, 0.3) is 5.89 Å². The number of rotatable bonds is 7. The van der Waals surface area contributed by atoms with E-state index in [0.717, 1.165) is 17.7 Å². The molecule has 8 nitrogen and oxygen atoms in total. The van der Waals surface area contributed by atoms with Crippen LogP contribution >= 0.6 is 0 Å². The average molecular weight is 483 g/mol. The van der Waals surface area contributed by atoms with Crippen LogP contribution in [0.5, 0.6) is 5.75 Å². The van der Waals surface area contributed by atoms with E-state index in [0.29, 0.717) is 22.7 Å². The number of nitrogens with one attached hydrogen (secondary N) is 3. The Morgan fingerprint density at radius 2 is 1.69 bits per heavy atom. The van der Waals surface area contributed by atoms with Crippen molar-refractivity contribution in [2.45, 2.75) is 12.7 Å². The number of nitrogens with zero attached hydrogens (tertiary/aromatic N) is 2. The molecule has 3 aromatic carbocycles. The minimum Gasteiger partial charge on any atom is -0.497 e. The van der Waals surface area contributed by atoms with Crippen molar-refractivity contribution in [2.75, 3.05) is 17.7 Å². The standard InChI is InChI=1S/C24H20F3N5O3/c1-34-18-12-6-15(7-13-18)14-28-22(33)30-23-32-31-21(35-23)19-4-2-3-5-20(19)29-17-10-8-16(9-11-17)24(25,26)27/h2-13,29H,14H2,1H3,(H2,28,30,32,33). The van der Waals surface area contributed by atoms with Gasteiger partial charge in [-0.2, -0.15) is 13.2 Å². The number of ether oxygens (including phenoxy) is 1. The van der Waals surface area contributed by atoms with E-state index in [4.69, 9.17) is 9.15 Å². The molecule has 0 aliphatic rings. The van der Waals surface area contributed by atoms with E-state index < -0.39 is 17.8 Å². The molecule has 0 spiro atoms. The highest BCUT2D eigenvalue weighted by atomic mass is 19.4. The molecule has 2 amide bonds. The number of alkyl halides is 3. The number of aromatic nitrogens is 2. The molecule has 0 saturated carbocycles. The number of hydrogen-bond acceptors (Lipinski definition) is 6. The van der Waals surface area contributed by atoms with Gasteiger partial charge in [-0.25, -0.2) is 4.79 Å². The summed E-state index contributed by atoms with van der Waals surface area (Å²) in [7, 11) is 1.57. The van der Waals surface area contributed by atoms with Crippen molar-refractivity contribution in [2.24, 2.45) is 0 Å². The number of halogens is 3. The Bertz CT molecular complexity index is 1290. The Balaban J connectivity index is 1.40. The van der Waals surface area contributed by atoms with E-state index in [1.807, 2.05) is 12.1 Å². The molecule has 0 radical (unpaired) electrons. The Kier molecular flexibility index (Phi) is 6.86. The second-order valence-electron chi connectivity index (χ2n) is 7.31. The van der Waals surface area contributed by atoms with Crippen LogP contribution in [-0.4, -0.2) is 23.3 Å². The van der Waals surface area contributed by atoms with E-state index in [1.165, 1.54) is 12.1 Å². The van der Waals surface area contributed by atoms with E-state index in [-0.39, 0.29) is 18.5 Å². The van der Waals surface area contributed by atoms with Gasteiger partial charge in [-0.15, -0.1) is 5.10 Å². The molecule has 11 heteroatoms. The maximum absolute atomic E-state index is 12.8. The molecule has 3 N–H and O–H groups in total. The number of para-hydroxylation sites is 1. The van der Waals surface area contributed by atoms with Crippen LogP contribution in [0.25, 0.3) is 11.5 Å². The molecule has 180 valence electrons. The largest absolute Gasteiger partial charge is 0.497 e. The van der Waals surface area contributed by atoms with Gasteiger partial charge in [-0.1, -0.05) is 29.4 Å². The number of amides is 2. The first-order valence-electron chi connectivity index (χ1n) is 10.4. The summed E-state index contributed by atoms with van der Waals surface area (Å²) in [6.45, 7) is 0.275. The highest BCUT2D eigenvalue weighted by Gasteiger charge is 2.30. The molecule has 4 rings (SSSR count). The zero-order chi connectivity index (χ0) is 24.8. The lowest BCUT2D eigenvalue weighted by atomic mass is 10.1. The van der Waals surface area contributed by atoms with Crippen molar-refractivity contribution >= 4 is 23.4 Å². The molecule has 4 aromatic rings. The van der Waals surface area contributed by atoms with Crippen molar-refractivity contribution < 1.29 is 27.1 Å². The van der Waals surface area contributed by atoms with Gasteiger partial charge in [0.1, 0.15) is 5.75 Å². The van der Waals surface area contributed by atoms with E-state index in [1.54, 1.807) is 43.5 Å². The Morgan fingerprint density at radius 3 is 2.37 bits per heavy atom. The molecule has 35 heavy (non-hydrogen) atoms. The van der Waals surface area contributed by atoms with E-state index in [9.17, 15) is 18.0 Å². The van der Waals surface area contributed by atoms with E-state index in [2.05, 4.69) is 26.1 Å². The summed E-state index contributed by atoms with van der Waals surface area (Å²) in [5, 5.41) is 16.0. The van der Waals surface area contributed by atoms with Crippen molar-refractivity contribution in [1.82, 2.24) is 15.5 Å². The summed E-state index contributed by atoms with van der Waals surface area (Å²) >= 11 is 0. The Labute approximate surface area is 198 Å². The minimum atomic E-state index is -4.41. The Hall–Kier alpha value is -4.54. The van der Waals surface area contributed by atoms with Crippen LogP contribution in [0.3, 0.4) is 0 Å². The molecular formula is C24H20F3N5O3. The van der Waals surface area contributed by atoms with Crippen LogP contribution in [0.4, 0.5) is 35.4 Å². The number of benzene rings is 3. The number of methoxy groups -OCH3 is 1. The normalized spacial score (nSPS) is 11.1. The number of hydrogen-bond donors (Lipinski definition) is 3. The summed E-state index contributed by atoms with van der Waals surface area (Å²) in [5.74, 6) is 0.829. The van der Waals surface area contributed by atoms with Gasteiger partial charge in [0.15, 0.2) is 0 Å². The smallest absolute Gasteiger partial charge is 0.416 e. The van der Waals surface area contributed by atoms with Gasteiger partial charge >= 0.3 is 18.2 Å². The first-order valence-corrected chi connectivity index (χ1v) is 10.4. The zero-order valence-corrected chi connectivity index (χ0v) is 18.4. The number of anilines is 3. The predicted molar refractivity (Wildman–Crippen MR) is 123 cm³/mol. The predicted octanol–water partition coefficient (Wildman–Crippen LogP) is 5.83. The first kappa shape index (κ1) is 23.6. The maximum atomic E-state index is 12.8. The molecule has 0 saturated heterocycles. The SMILES string of the molecule is COc1ccc(CNC(=O)Nc2nnc(-c3ccccc3Nc3ccc(C(F)(F)F)cc3)o2)cc1. The minimum absolute atomic E-state index is 0.114. The van der Waals surface area contributed by atoms with Crippen molar-refractivity contribution in [1.29, 1.82) is 0 Å². The number of carbonyl (C=O) groups excluding carboxylic acids is 1. The van der Waals surface area contributed by atoms with Crippen LogP contribution < -0.4 is 20.7 Å². The highest BCUT2D eigenvalue weighted by molar-refractivity contribution is 5.87. The average Bonchev–Trinajstić information content (AvgIpc) is 3.31. The third kappa shape index (κ3) is 6.08. The van der Waals surface area contributed by atoms with Crippen LogP contribution in [0.1, 0.15) is 11.1 Å². The quantitative estimate of drug-likeness (QED) is 0.306. The molecule has 0 aliphatic carbocycles. The second kappa shape index (κ2) is 10.2. The van der Waals surface area contributed by atoms with Crippen LogP contribution in [0, 0.1) is 0 Å². The monoisotopic (exact) mass is 483 g/mol. The molecule has 0 atom stereocenters. The van der Waals surface area contributed by atoms with Crippen LogP contribution in [0.2, 0.25) is 0 Å². The molecule has 0 aliphatic heterocycles. The lowest BCUT2D eigenvalue weighted by Gasteiger charge is -2.11. The molecule has 0 unspecified atom stereocenters. The number of carbonyl (C=O) groups is 1. The van der Waals surface area contributed by atoms with Crippen molar-refractivity contribution in [3.05, 3.63) is 83.9 Å². The third-order valence-electron chi connectivity index (χ3n) is 4.91. The lowest BCUT2D eigenvalue weighted by molar-refractivity contribution is -0.137. The Morgan fingerprint density at radius 1 is 0.971 bits per heavy atom. The third-order valence-corrected chi connectivity index (χ3v) is 4.91. The van der Waals surface area contributed by atoms with E-state index >= 15 is 0 Å². The van der Waals surface area contributed by atoms with Gasteiger partial charge in [0.05, 0.1) is 23.9 Å². The molecular weight excluding hydrogens is 463 g/mol. The van der Waals surface area contributed by atoms with Crippen LogP contribution in [0.15, 0.2) is 77.2 Å². The first-order chi connectivity index (χ1) is 16.8. The fourth-order valence-electron chi connectivity index (χ4n) is 3.13. The fourth-order valence-corrected chi connectivity index (χ4v) is 3.13. The van der Waals surface area contributed by atoms with Crippen molar-refractivity contribution in [3.63, 3.8) is 0 Å². The maximum Gasteiger partial charge on any atom is 0.416 e. The van der Waals surface area contributed by atoms with Gasteiger partial charge in [0.2, 0.25) is 0 Å². The van der Waals surface area contributed by atoms with Gasteiger partial charge in [0, 0.05) is 12.2 Å². The van der Waals surface area contributed by atoms with Gasteiger partial charge in [-0.05, 0) is 54.1 Å². The second-order valence-corrected chi connectivity index (χ2v) is 7.31. The highest BCUT2D eigenvalue weighted by Crippen LogP contribution is 2.33. The topological polar surface area (TPSA) is 101 Å². The van der Waals surface area contributed by atoms with Crippen molar-refractivity contribution in [3.8, 4) is 17.2 Å². The van der Waals surface area contributed by atoms with Crippen LogP contribution in [-0.2, 0) is 12.7 Å². The summed E-state index contributed by atoms with van der Waals surface area (Å²) in [4.78, 5) is 12.2. The molecule has 1 heterocycles. The molecule has 1 aromatic heterocycles. The van der Waals surface area contributed by atoms with Gasteiger partial charge < -0.3 is 19.8 Å². The lowest BCUT2D eigenvalue weighted by Crippen LogP contribution is -2.28. The molecule has 0 fully saturated rings. The number of urea groups is 1. The zero-order valence-electron chi connectivity index (χ0n) is 18.4. The summed E-state index contributed by atoms with van der Waals surface area (Å²) in [6, 6.07) is 18.1. The summed E-state index contributed by atoms with van der Waals surface area (Å²) in [5.41, 5.74) is 1.61. The molecule has 0 bridgehead atoms. The summed E-state index contributed by atoms with van der Waals surface area (Å²) < 4.78 is 49.1. The fraction of sp³-hybridized carbons (Fsp3) is 0.125.